The molecule has 1 fully saturated rings. The molecule has 168 valence electrons. The molecule has 0 unspecified atom stereocenters. The smallest absolute Gasteiger partial charge is 0.270 e. The number of carbonyl (C=O) groups excluding carboxylic acids is 2. The Morgan fingerprint density at radius 1 is 1.34 bits per heavy atom. The van der Waals surface area contributed by atoms with Crippen LogP contribution < -0.4 is 5.32 Å². The molecule has 0 spiro atoms. The van der Waals surface area contributed by atoms with E-state index in [2.05, 4.69) is 5.32 Å². The van der Waals surface area contributed by atoms with E-state index < -0.39 is 11.9 Å². The normalized spacial score (nSPS) is 18.7. The van der Waals surface area contributed by atoms with Gasteiger partial charge in [-0.1, -0.05) is 13.0 Å². The molecule has 0 aliphatic carbocycles. The molecule has 7 nitrogen and oxygen atoms in total. The molecule has 0 radical (unpaired) electrons. The molecule has 8 heteroatoms. The van der Waals surface area contributed by atoms with Gasteiger partial charge in [-0.05, 0) is 44.4 Å². The maximum absolute atomic E-state index is 14.5. The molecule has 3 heterocycles. The molecule has 1 aromatic carbocycles. The highest BCUT2D eigenvalue weighted by Gasteiger charge is 2.32. The summed E-state index contributed by atoms with van der Waals surface area (Å²) < 4.78 is 22.0. The average Bonchev–Trinajstić information content (AvgIpc) is 3.41. The molecule has 0 saturated carbocycles. The SMILES string of the molecule is CC[C@@H](NC(=O)c1cc(C(=O)N2CCC[C@@H]2C)n2c1COCC2)c1ccc(C#N)cc1F. The first-order valence-electron chi connectivity index (χ1n) is 11.1. The number of nitrogens with zero attached hydrogens (tertiary/aromatic N) is 3. The third-order valence-electron chi connectivity index (χ3n) is 6.40. The van der Waals surface area contributed by atoms with E-state index in [-0.39, 0.29) is 30.0 Å². The van der Waals surface area contributed by atoms with Gasteiger partial charge >= 0.3 is 0 Å². The number of hydrogen-bond donors (Lipinski definition) is 1. The minimum atomic E-state index is -0.562. The van der Waals surface area contributed by atoms with Crippen LogP contribution in [0.4, 0.5) is 4.39 Å². The topological polar surface area (TPSA) is 87.4 Å². The predicted octanol–water partition coefficient (Wildman–Crippen LogP) is 3.53. The highest BCUT2D eigenvalue weighted by atomic mass is 19.1. The molecule has 2 aliphatic heterocycles. The molecule has 2 aliphatic rings. The van der Waals surface area contributed by atoms with Gasteiger partial charge in [-0.3, -0.25) is 9.59 Å². The lowest BCUT2D eigenvalue weighted by Crippen LogP contribution is -2.35. The van der Waals surface area contributed by atoms with E-state index in [0.717, 1.165) is 12.8 Å². The summed E-state index contributed by atoms with van der Waals surface area (Å²) in [5, 5.41) is 11.9. The summed E-state index contributed by atoms with van der Waals surface area (Å²) in [4.78, 5) is 28.3. The third-order valence-corrected chi connectivity index (χ3v) is 6.40. The van der Waals surface area contributed by atoms with E-state index in [1.54, 1.807) is 6.07 Å². The van der Waals surface area contributed by atoms with Crippen LogP contribution in [0.15, 0.2) is 24.3 Å². The minimum Gasteiger partial charge on any atom is -0.373 e. The first-order valence-corrected chi connectivity index (χ1v) is 11.1. The third kappa shape index (κ3) is 4.00. The summed E-state index contributed by atoms with van der Waals surface area (Å²) in [6, 6.07) is 7.42. The van der Waals surface area contributed by atoms with Crippen LogP contribution in [0.1, 0.15) is 76.8 Å². The molecule has 1 N–H and O–H groups in total. The van der Waals surface area contributed by atoms with E-state index in [9.17, 15) is 14.0 Å². The zero-order chi connectivity index (χ0) is 22.8. The number of ether oxygens (including phenoxy) is 1. The van der Waals surface area contributed by atoms with E-state index in [1.807, 2.05) is 29.4 Å². The fourth-order valence-corrected chi connectivity index (χ4v) is 4.60. The van der Waals surface area contributed by atoms with Gasteiger partial charge in [0.25, 0.3) is 11.8 Å². The van der Waals surface area contributed by atoms with Gasteiger partial charge in [0.2, 0.25) is 0 Å². The first-order chi connectivity index (χ1) is 15.4. The number of carbonyl (C=O) groups is 2. The van der Waals surface area contributed by atoms with Gasteiger partial charge in [0, 0.05) is 24.7 Å². The molecule has 2 amide bonds. The van der Waals surface area contributed by atoms with Crippen LogP contribution in [-0.2, 0) is 17.9 Å². The van der Waals surface area contributed by atoms with E-state index >= 15 is 0 Å². The molecule has 1 aromatic heterocycles. The van der Waals surface area contributed by atoms with Crippen molar-refractivity contribution in [2.24, 2.45) is 0 Å². The van der Waals surface area contributed by atoms with Crippen molar-refractivity contribution in [3.8, 4) is 6.07 Å². The summed E-state index contributed by atoms with van der Waals surface area (Å²) in [5.74, 6) is -0.969. The van der Waals surface area contributed by atoms with Crippen molar-refractivity contribution < 1.29 is 18.7 Å². The average molecular weight is 439 g/mol. The van der Waals surface area contributed by atoms with Crippen molar-refractivity contribution in [2.45, 2.75) is 58.3 Å². The number of nitriles is 1. The highest BCUT2D eigenvalue weighted by Crippen LogP contribution is 2.27. The van der Waals surface area contributed by atoms with Crippen LogP contribution in [0, 0.1) is 17.1 Å². The van der Waals surface area contributed by atoms with Gasteiger partial charge in [0.1, 0.15) is 11.5 Å². The minimum absolute atomic E-state index is 0.0672. The van der Waals surface area contributed by atoms with Crippen molar-refractivity contribution in [2.75, 3.05) is 13.2 Å². The van der Waals surface area contributed by atoms with Gasteiger partial charge in [0.05, 0.1) is 42.1 Å². The number of halogens is 1. The van der Waals surface area contributed by atoms with Crippen LogP contribution in [0.25, 0.3) is 0 Å². The molecule has 32 heavy (non-hydrogen) atoms. The molecular formula is C24H27FN4O3. The Bertz CT molecular complexity index is 1090. The Hall–Kier alpha value is -3.18. The fraction of sp³-hybridized carbons (Fsp3) is 0.458. The Kier molecular flexibility index (Phi) is 6.28. The number of nitrogens with one attached hydrogen (secondary N) is 1. The lowest BCUT2D eigenvalue weighted by atomic mass is 10.0. The molecule has 2 atom stereocenters. The Labute approximate surface area is 186 Å². The Morgan fingerprint density at radius 3 is 2.81 bits per heavy atom. The van der Waals surface area contributed by atoms with Crippen molar-refractivity contribution in [3.05, 3.63) is 58.2 Å². The second kappa shape index (κ2) is 9.13. The lowest BCUT2D eigenvalue weighted by molar-refractivity contribution is 0.0683. The fourth-order valence-electron chi connectivity index (χ4n) is 4.60. The first kappa shape index (κ1) is 22.0. The highest BCUT2D eigenvalue weighted by molar-refractivity contribution is 6.01. The van der Waals surface area contributed by atoms with Crippen molar-refractivity contribution in [3.63, 3.8) is 0 Å². The van der Waals surface area contributed by atoms with Gasteiger partial charge < -0.3 is 19.5 Å². The standard InChI is InChI=1S/C24H27FN4O3/c1-3-20(17-7-6-16(13-26)11-19(17)25)27-23(30)18-12-21(29-9-10-32-14-22(18)29)24(31)28-8-4-5-15(28)2/h6-7,11-12,15,20H,3-5,8-10,14H2,1-2H3,(H,27,30)/t15-,20+/m0/s1. The maximum Gasteiger partial charge on any atom is 0.270 e. The maximum atomic E-state index is 14.5. The zero-order valence-electron chi connectivity index (χ0n) is 18.4. The number of aromatic nitrogens is 1. The lowest BCUT2D eigenvalue weighted by Gasteiger charge is -2.24. The summed E-state index contributed by atoms with van der Waals surface area (Å²) in [6.45, 7) is 5.84. The molecule has 4 rings (SSSR count). The number of likely N-dealkylation sites (tertiary alicyclic amines) is 1. The Morgan fingerprint density at radius 2 is 2.16 bits per heavy atom. The van der Waals surface area contributed by atoms with Crippen LogP contribution >= 0.6 is 0 Å². The molecular weight excluding hydrogens is 411 g/mol. The zero-order valence-corrected chi connectivity index (χ0v) is 18.4. The van der Waals surface area contributed by atoms with E-state index in [0.29, 0.717) is 48.6 Å². The van der Waals surface area contributed by atoms with Gasteiger partial charge in [0.15, 0.2) is 0 Å². The second-order valence-corrected chi connectivity index (χ2v) is 8.37. The number of rotatable bonds is 5. The number of hydrogen-bond acceptors (Lipinski definition) is 4. The van der Waals surface area contributed by atoms with Crippen LogP contribution in [0.2, 0.25) is 0 Å². The van der Waals surface area contributed by atoms with Crippen LogP contribution in [0.5, 0.6) is 0 Å². The number of amides is 2. The van der Waals surface area contributed by atoms with E-state index in [4.69, 9.17) is 10.00 Å². The molecule has 2 aromatic rings. The largest absolute Gasteiger partial charge is 0.373 e. The van der Waals surface area contributed by atoms with Crippen molar-refractivity contribution in [1.29, 1.82) is 5.26 Å². The van der Waals surface area contributed by atoms with Crippen LogP contribution in [-0.4, -0.2) is 40.5 Å². The Balaban J connectivity index is 1.63. The quantitative estimate of drug-likeness (QED) is 0.774. The van der Waals surface area contributed by atoms with Gasteiger partial charge in [-0.15, -0.1) is 0 Å². The second-order valence-electron chi connectivity index (χ2n) is 8.37. The monoisotopic (exact) mass is 438 g/mol. The summed E-state index contributed by atoms with van der Waals surface area (Å²) in [6.07, 6.45) is 2.42. The predicted molar refractivity (Wildman–Crippen MR) is 115 cm³/mol. The number of fused-ring (bicyclic) bond motifs is 1. The summed E-state index contributed by atoms with van der Waals surface area (Å²) in [5.41, 5.74) is 2.10. The number of benzene rings is 1. The van der Waals surface area contributed by atoms with Crippen LogP contribution in [0.3, 0.4) is 0 Å². The van der Waals surface area contributed by atoms with Gasteiger partial charge in [-0.2, -0.15) is 5.26 Å². The van der Waals surface area contributed by atoms with Crippen molar-refractivity contribution in [1.82, 2.24) is 14.8 Å². The van der Waals surface area contributed by atoms with E-state index in [1.165, 1.54) is 18.2 Å². The molecule has 1 saturated heterocycles. The summed E-state index contributed by atoms with van der Waals surface area (Å²) in [7, 11) is 0. The summed E-state index contributed by atoms with van der Waals surface area (Å²) >= 11 is 0. The molecule has 0 bridgehead atoms. The van der Waals surface area contributed by atoms with Gasteiger partial charge in [-0.25, -0.2) is 4.39 Å². The van der Waals surface area contributed by atoms with Crippen molar-refractivity contribution >= 4 is 11.8 Å².